The first-order valence-electron chi connectivity index (χ1n) is 6.94. The minimum absolute atomic E-state index is 0.0531. The standard InChI is InChI=1S/C14H17N3O4S/c1-2-17(7-5-13(19)20)12(18)4-3-11-15-16-14(21-11)10-6-8-22-9-10/h6,8-9H,2-5,7H2,1H3,(H,19,20). The second-order valence-corrected chi connectivity index (χ2v) is 5.41. The summed E-state index contributed by atoms with van der Waals surface area (Å²) in [6.07, 6.45) is 0.515. The van der Waals surface area contributed by atoms with Crippen molar-refractivity contribution in [3.05, 3.63) is 22.7 Å². The molecule has 2 aromatic heterocycles. The van der Waals surface area contributed by atoms with Gasteiger partial charge in [-0.2, -0.15) is 11.3 Å². The van der Waals surface area contributed by atoms with E-state index in [4.69, 9.17) is 9.52 Å². The maximum absolute atomic E-state index is 12.0. The second kappa shape index (κ2) is 7.69. The number of nitrogens with zero attached hydrogens (tertiary/aromatic N) is 3. The third-order valence-corrected chi connectivity index (χ3v) is 3.80. The van der Waals surface area contributed by atoms with Crippen LogP contribution in [0, 0.1) is 0 Å². The van der Waals surface area contributed by atoms with E-state index in [0.29, 0.717) is 24.7 Å². The molecule has 0 aliphatic rings. The Bertz CT molecular complexity index is 624. The number of thiophene rings is 1. The van der Waals surface area contributed by atoms with E-state index in [1.807, 2.05) is 23.8 Å². The summed E-state index contributed by atoms with van der Waals surface area (Å²) in [4.78, 5) is 24.1. The number of hydrogen-bond acceptors (Lipinski definition) is 6. The Morgan fingerprint density at radius 3 is 2.82 bits per heavy atom. The number of aromatic nitrogens is 2. The van der Waals surface area contributed by atoms with Gasteiger partial charge in [0.15, 0.2) is 0 Å². The van der Waals surface area contributed by atoms with E-state index in [-0.39, 0.29) is 25.3 Å². The first-order valence-corrected chi connectivity index (χ1v) is 7.89. The summed E-state index contributed by atoms with van der Waals surface area (Å²) in [5.41, 5.74) is 0.867. The monoisotopic (exact) mass is 323 g/mol. The van der Waals surface area contributed by atoms with Crippen molar-refractivity contribution in [3.8, 4) is 11.5 Å². The predicted molar refractivity (Wildman–Crippen MR) is 80.4 cm³/mol. The number of carboxylic acid groups (broad SMARTS) is 1. The Morgan fingerprint density at radius 2 is 2.18 bits per heavy atom. The zero-order valence-electron chi connectivity index (χ0n) is 12.2. The van der Waals surface area contributed by atoms with Crippen molar-refractivity contribution in [2.24, 2.45) is 0 Å². The summed E-state index contributed by atoms with van der Waals surface area (Å²) in [6, 6.07) is 1.89. The molecular formula is C14H17N3O4S. The summed E-state index contributed by atoms with van der Waals surface area (Å²) in [6.45, 7) is 2.52. The van der Waals surface area contributed by atoms with E-state index < -0.39 is 5.97 Å². The number of aliphatic carboxylic acids is 1. The summed E-state index contributed by atoms with van der Waals surface area (Å²) < 4.78 is 5.51. The van der Waals surface area contributed by atoms with E-state index in [1.54, 1.807) is 11.3 Å². The fourth-order valence-electron chi connectivity index (χ4n) is 1.92. The maximum Gasteiger partial charge on any atom is 0.305 e. The van der Waals surface area contributed by atoms with E-state index >= 15 is 0 Å². The second-order valence-electron chi connectivity index (χ2n) is 4.63. The van der Waals surface area contributed by atoms with Crippen LogP contribution in [0.1, 0.15) is 25.7 Å². The molecule has 0 fully saturated rings. The molecule has 118 valence electrons. The van der Waals surface area contributed by atoms with Crippen molar-refractivity contribution in [1.82, 2.24) is 15.1 Å². The zero-order chi connectivity index (χ0) is 15.9. The van der Waals surface area contributed by atoms with Crippen molar-refractivity contribution < 1.29 is 19.1 Å². The highest BCUT2D eigenvalue weighted by Gasteiger charge is 2.15. The summed E-state index contributed by atoms with van der Waals surface area (Å²) in [7, 11) is 0. The fraction of sp³-hybridized carbons (Fsp3) is 0.429. The van der Waals surface area contributed by atoms with Crippen molar-refractivity contribution in [2.45, 2.75) is 26.2 Å². The molecule has 7 nitrogen and oxygen atoms in total. The Balaban J connectivity index is 1.86. The molecule has 0 aliphatic heterocycles. The topological polar surface area (TPSA) is 96.5 Å². The van der Waals surface area contributed by atoms with Gasteiger partial charge in [-0.25, -0.2) is 0 Å². The van der Waals surface area contributed by atoms with E-state index in [0.717, 1.165) is 5.56 Å². The molecule has 0 radical (unpaired) electrons. The lowest BCUT2D eigenvalue weighted by Gasteiger charge is -2.19. The van der Waals surface area contributed by atoms with Crippen LogP contribution in [0.15, 0.2) is 21.2 Å². The van der Waals surface area contributed by atoms with Crippen LogP contribution >= 0.6 is 11.3 Å². The number of hydrogen-bond donors (Lipinski definition) is 1. The smallest absolute Gasteiger partial charge is 0.305 e. The van der Waals surface area contributed by atoms with E-state index in [1.165, 1.54) is 4.90 Å². The molecule has 1 amide bonds. The molecule has 0 saturated heterocycles. The molecule has 1 N–H and O–H groups in total. The van der Waals surface area contributed by atoms with Crippen LogP contribution in [-0.2, 0) is 16.0 Å². The number of aryl methyl sites for hydroxylation is 1. The predicted octanol–water partition coefficient (Wildman–Crippen LogP) is 2.05. The van der Waals surface area contributed by atoms with Gasteiger partial charge < -0.3 is 14.4 Å². The van der Waals surface area contributed by atoms with Gasteiger partial charge in [-0.15, -0.1) is 10.2 Å². The minimum atomic E-state index is -0.913. The Hall–Kier alpha value is -2.22. The van der Waals surface area contributed by atoms with Crippen molar-refractivity contribution >= 4 is 23.2 Å². The molecule has 0 aliphatic carbocycles. The molecule has 2 aromatic rings. The lowest BCUT2D eigenvalue weighted by molar-refractivity contribution is -0.138. The van der Waals surface area contributed by atoms with Crippen LogP contribution in [0.5, 0.6) is 0 Å². The molecule has 0 saturated carbocycles. The first-order chi connectivity index (χ1) is 10.6. The van der Waals surface area contributed by atoms with E-state index in [2.05, 4.69) is 10.2 Å². The zero-order valence-corrected chi connectivity index (χ0v) is 13.0. The fourth-order valence-corrected chi connectivity index (χ4v) is 2.55. The molecule has 2 rings (SSSR count). The molecule has 2 heterocycles. The highest BCUT2D eigenvalue weighted by molar-refractivity contribution is 7.08. The van der Waals surface area contributed by atoms with Gasteiger partial charge in [0.1, 0.15) is 0 Å². The number of carbonyl (C=O) groups excluding carboxylic acids is 1. The Kier molecular flexibility index (Phi) is 5.65. The third-order valence-electron chi connectivity index (χ3n) is 3.12. The average molecular weight is 323 g/mol. The lowest BCUT2D eigenvalue weighted by Crippen LogP contribution is -2.33. The maximum atomic E-state index is 12.0. The quantitative estimate of drug-likeness (QED) is 0.798. The highest BCUT2D eigenvalue weighted by Crippen LogP contribution is 2.20. The van der Waals surface area contributed by atoms with Gasteiger partial charge in [-0.1, -0.05) is 0 Å². The number of amides is 1. The van der Waals surface area contributed by atoms with Crippen LogP contribution < -0.4 is 0 Å². The molecule has 8 heteroatoms. The number of carboxylic acids is 1. The largest absolute Gasteiger partial charge is 0.481 e. The highest BCUT2D eigenvalue weighted by atomic mass is 32.1. The summed E-state index contributed by atoms with van der Waals surface area (Å²) in [5.74, 6) is -0.173. The van der Waals surface area contributed by atoms with Gasteiger partial charge in [-0.05, 0) is 18.4 Å². The van der Waals surface area contributed by atoms with E-state index in [9.17, 15) is 9.59 Å². The number of rotatable bonds is 8. The molecule has 0 atom stereocenters. The van der Waals surface area contributed by atoms with Gasteiger partial charge >= 0.3 is 5.97 Å². The molecular weight excluding hydrogens is 306 g/mol. The summed E-state index contributed by atoms with van der Waals surface area (Å²) in [5, 5.41) is 20.4. The third kappa shape index (κ3) is 4.39. The Labute approximate surface area is 131 Å². The molecule has 0 unspecified atom stereocenters. The van der Waals surface area contributed by atoms with Crippen LogP contribution in [0.3, 0.4) is 0 Å². The summed E-state index contributed by atoms with van der Waals surface area (Å²) >= 11 is 1.54. The van der Waals surface area contributed by atoms with Gasteiger partial charge in [0.25, 0.3) is 0 Å². The van der Waals surface area contributed by atoms with Gasteiger partial charge in [0.05, 0.1) is 6.42 Å². The van der Waals surface area contributed by atoms with Gasteiger partial charge in [0, 0.05) is 36.9 Å². The first kappa shape index (κ1) is 16.2. The Morgan fingerprint density at radius 1 is 1.36 bits per heavy atom. The SMILES string of the molecule is CCN(CCC(=O)O)C(=O)CCc1nnc(-c2ccsc2)o1. The molecule has 0 aromatic carbocycles. The van der Waals surface area contributed by atoms with Crippen LogP contribution in [-0.4, -0.2) is 45.2 Å². The van der Waals surface area contributed by atoms with Crippen LogP contribution in [0.2, 0.25) is 0 Å². The van der Waals surface area contributed by atoms with Gasteiger partial charge in [0.2, 0.25) is 17.7 Å². The van der Waals surface area contributed by atoms with Crippen molar-refractivity contribution in [2.75, 3.05) is 13.1 Å². The molecule has 0 bridgehead atoms. The van der Waals surface area contributed by atoms with Crippen molar-refractivity contribution in [3.63, 3.8) is 0 Å². The molecule has 0 spiro atoms. The lowest BCUT2D eigenvalue weighted by atomic mass is 10.2. The number of carbonyl (C=O) groups is 2. The van der Waals surface area contributed by atoms with Crippen LogP contribution in [0.25, 0.3) is 11.5 Å². The molecule has 22 heavy (non-hydrogen) atoms. The minimum Gasteiger partial charge on any atom is -0.481 e. The van der Waals surface area contributed by atoms with Gasteiger partial charge in [-0.3, -0.25) is 9.59 Å². The average Bonchev–Trinajstić information content (AvgIpc) is 3.16. The van der Waals surface area contributed by atoms with Crippen molar-refractivity contribution in [1.29, 1.82) is 0 Å². The normalized spacial score (nSPS) is 10.6. The van der Waals surface area contributed by atoms with Crippen LogP contribution in [0.4, 0.5) is 0 Å².